The first-order valence-corrected chi connectivity index (χ1v) is 10.5. The van der Waals surface area contributed by atoms with Crippen LogP contribution < -0.4 is 10.6 Å². The lowest BCUT2D eigenvalue weighted by atomic mass is 10.0. The van der Waals surface area contributed by atoms with E-state index in [4.69, 9.17) is 9.11 Å². The van der Waals surface area contributed by atoms with Gasteiger partial charge in [0.1, 0.15) is 22.7 Å². The summed E-state index contributed by atoms with van der Waals surface area (Å²) in [6.07, 6.45) is 0. The number of nitrogens with one attached hydrogen (secondary N) is 2. The van der Waals surface area contributed by atoms with Crippen LogP contribution in [0.15, 0.2) is 20.2 Å². The van der Waals surface area contributed by atoms with Gasteiger partial charge in [-0.3, -0.25) is 19.1 Å². The van der Waals surface area contributed by atoms with Gasteiger partial charge in [0.25, 0.3) is 0 Å². The lowest BCUT2D eigenvalue weighted by Gasteiger charge is -2.23. The molecule has 0 bridgehead atoms. The van der Waals surface area contributed by atoms with Gasteiger partial charge >= 0.3 is 20.8 Å². The van der Waals surface area contributed by atoms with Crippen LogP contribution in [0.1, 0.15) is 27.7 Å². The molecule has 2 aliphatic heterocycles. The number of amidine groups is 2. The number of rotatable bonds is 6. The van der Waals surface area contributed by atoms with Gasteiger partial charge in [0.15, 0.2) is 0 Å². The topological polar surface area (TPSA) is 191 Å². The lowest BCUT2D eigenvalue weighted by molar-refractivity contribution is 0.344. The molecule has 172 valence electrons. The molecule has 0 amide bonds. The quantitative estimate of drug-likeness (QED) is 0.295. The van der Waals surface area contributed by atoms with Crippen LogP contribution in [0.2, 0.25) is 0 Å². The number of aliphatic imine (C=N–C) groups is 2. The minimum absolute atomic E-state index is 0. The Morgan fingerprint density at radius 3 is 1.31 bits per heavy atom. The van der Waals surface area contributed by atoms with Crippen molar-refractivity contribution in [2.75, 3.05) is 26.2 Å². The molecule has 2 heterocycles. The van der Waals surface area contributed by atoms with Gasteiger partial charge in [0, 0.05) is 13.1 Å². The van der Waals surface area contributed by atoms with Gasteiger partial charge in [-0.05, 0) is 27.7 Å². The van der Waals surface area contributed by atoms with Crippen molar-refractivity contribution in [1.82, 2.24) is 10.6 Å². The molecule has 13 nitrogen and oxygen atoms in total. The Morgan fingerprint density at radius 2 is 1.14 bits per heavy atom. The first-order chi connectivity index (χ1) is 12.1. The standard InChI is InChI=1S/C12H22N6.2ClH.H2O7S2/c1-11(2,9-13-5-6-14-9)17-18-12(3,4)10-15-7-8-16-10;;;1-8(2,3)7-9(4,5)6/h5-8H2,1-4H3,(H,13,14)(H,15,16);2*1H;(H,1,2,3)(H,4,5,6). The summed E-state index contributed by atoms with van der Waals surface area (Å²) in [7, 11) is -10.2. The summed E-state index contributed by atoms with van der Waals surface area (Å²) < 4.78 is 55.6. The number of nitrogens with zero attached hydrogens (tertiary/aromatic N) is 4. The molecule has 0 unspecified atom stereocenters. The van der Waals surface area contributed by atoms with Crippen LogP contribution >= 0.6 is 24.8 Å². The molecule has 0 spiro atoms. The third-order valence-corrected chi connectivity index (χ3v) is 4.61. The summed E-state index contributed by atoms with van der Waals surface area (Å²) in [5.41, 5.74) is -0.792. The Balaban J connectivity index is 0. The average Bonchev–Trinajstić information content (AvgIpc) is 3.15. The molecule has 0 fully saturated rings. The molecule has 0 saturated carbocycles. The van der Waals surface area contributed by atoms with Crippen molar-refractivity contribution in [2.24, 2.45) is 20.2 Å². The van der Waals surface area contributed by atoms with E-state index in [2.05, 4.69) is 34.5 Å². The molecular weight excluding hydrogens is 475 g/mol. The molecule has 17 heteroatoms. The van der Waals surface area contributed by atoms with Gasteiger partial charge < -0.3 is 10.6 Å². The summed E-state index contributed by atoms with van der Waals surface area (Å²) in [4.78, 5) is 8.82. The van der Waals surface area contributed by atoms with E-state index in [1.165, 1.54) is 0 Å². The molecule has 0 aromatic heterocycles. The minimum atomic E-state index is -5.12. The molecular formula is C12H26Cl2N6O7S2. The highest BCUT2D eigenvalue weighted by Gasteiger charge is 2.31. The largest absolute Gasteiger partial charge is 0.413 e. The predicted molar refractivity (Wildman–Crippen MR) is 112 cm³/mol. The summed E-state index contributed by atoms with van der Waals surface area (Å²) in [6, 6.07) is 0. The van der Waals surface area contributed by atoms with E-state index >= 15 is 0 Å². The minimum Gasteiger partial charge on any atom is -0.370 e. The van der Waals surface area contributed by atoms with Crippen LogP contribution in [0, 0.1) is 0 Å². The van der Waals surface area contributed by atoms with Crippen molar-refractivity contribution in [3.8, 4) is 0 Å². The third-order valence-electron chi connectivity index (χ3n) is 3.23. The zero-order valence-corrected chi connectivity index (χ0v) is 19.5. The van der Waals surface area contributed by atoms with Crippen molar-refractivity contribution >= 4 is 57.3 Å². The maximum Gasteiger partial charge on any atom is 0.413 e. The average molecular weight is 501 g/mol. The van der Waals surface area contributed by atoms with Gasteiger partial charge in [-0.1, -0.05) is 0 Å². The smallest absolute Gasteiger partial charge is 0.370 e. The van der Waals surface area contributed by atoms with Crippen LogP contribution in [0.5, 0.6) is 0 Å². The SMILES string of the molecule is CC(C)(N=NC(C)(C)C1=NCCN1)C1=NCCN1.Cl.Cl.O=S(=O)(O)OS(=O)(=O)O. The Hall–Kier alpha value is -1.10. The molecule has 0 radical (unpaired) electrons. The molecule has 0 aromatic rings. The lowest BCUT2D eigenvalue weighted by Crippen LogP contribution is -2.41. The highest BCUT2D eigenvalue weighted by molar-refractivity contribution is 7.94. The van der Waals surface area contributed by atoms with E-state index in [0.29, 0.717) is 0 Å². The maximum absolute atomic E-state index is 9.44. The summed E-state index contributed by atoms with van der Waals surface area (Å²) in [5, 5.41) is 15.4. The Bertz CT molecular complexity index is 773. The van der Waals surface area contributed by atoms with Crippen LogP contribution in [-0.4, -0.2) is 74.9 Å². The highest BCUT2D eigenvalue weighted by atomic mass is 35.5. The van der Waals surface area contributed by atoms with E-state index in [0.717, 1.165) is 37.9 Å². The molecule has 0 atom stereocenters. The van der Waals surface area contributed by atoms with Crippen molar-refractivity contribution in [3.05, 3.63) is 0 Å². The fourth-order valence-electron chi connectivity index (χ4n) is 2.07. The number of azo groups is 1. The number of hydrogen-bond donors (Lipinski definition) is 4. The second-order valence-corrected chi connectivity index (χ2v) is 8.81. The van der Waals surface area contributed by atoms with Crippen molar-refractivity contribution in [2.45, 2.75) is 38.8 Å². The first-order valence-electron chi connectivity index (χ1n) is 7.80. The molecule has 2 aliphatic rings. The van der Waals surface area contributed by atoms with E-state index < -0.39 is 31.9 Å². The fourth-order valence-corrected chi connectivity index (χ4v) is 2.94. The molecule has 0 aromatic carbocycles. The molecule has 4 N–H and O–H groups in total. The maximum atomic E-state index is 9.44. The monoisotopic (exact) mass is 500 g/mol. The van der Waals surface area contributed by atoms with Crippen LogP contribution in [0.4, 0.5) is 0 Å². The van der Waals surface area contributed by atoms with E-state index in [1.54, 1.807) is 0 Å². The van der Waals surface area contributed by atoms with Gasteiger partial charge in [0.05, 0.1) is 13.1 Å². The van der Waals surface area contributed by atoms with E-state index in [9.17, 15) is 16.8 Å². The van der Waals surface area contributed by atoms with Crippen molar-refractivity contribution in [1.29, 1.82) is 0 Å². The number of halogens is 2. The second-order valence-electron chi connectivity index (χ2n) is 6.56. The zero-order valence-electron chi connectivity index (χ0n) is 16.2. The summed E-state index contributed by atoms with van der Waals surface area (Å²) in [6.45, 7) is 11.5. The number of hydrogen-bond acceptors (Lipinski definition) is 11. The van der Waals surface area contributed by atoms with Crippen LogP contribution in [0.25, 0.3) is 0 Å². The summed E-state index contributed by atoms with van der Waals surface area (Å²) >= 11 is 0. The Morgan fingerprint density at radius 1 is 0.828 bits per heavy atom. The van der Waals surface area contributed by atoms with Gasteiger partial charge in [-0.2, -0.15) is 27.1 Å². The van der Waals surface area contributed by atoms with Gasteiger partial charge in [0.2, 0.25) is 0 Å². The van der Waals surface area contributed by atoms with Crippen molar-refractivity contribution < 1.29 is 29.6 Å². The van der Waals surface area contributed by atoms with Crippen molar-refractivity contribution in [3.63, 3.8) is 0 Å². The third kappa shape index (κ3) is 11.6. The second kappa shape index (κ2) is 11.3. The van der Waals surface area contributed by atoms with Gasteiger partial charge in [-0.15, -0.1) is 28.4 Å². The molecule has 29 heavy (non-hydrogen) atoms. The van der Waals surface area contributed by atoms with Crippen LogP contribution in [0.3, 0.4) is 0 Å². The Kier molecular flexibility index (Phi) is 11.8. The summed E-state index contributed by atoms with van der Waals surface area (Å²) in [5.74, 6) is 1.84. The van der Waals surface area contributed by atoms with Crippen LogP contribution in [-0.2, 0) is 24.4 Å². The fraction of sp³-hybridized carbons (Fsp3) is 0.833. The van der Waals surface area contributed by atoms with Gasteiger partial charge in [-0.25, -0.2) is 0 Å². The predicted octanol–water partition coefficient (Wildman–Crippen LogP) is 0.451. The normalized spacial score (nSPS) is 17.0. The van der Waals surface area contributed by atoms with E-state index in [-0.39, 0.29) is 24.8 Å². The van der Waals surface area contributed by atoms with E-state index in [1.807, 2.05) is 27.7 Å². The molecule has 2 rings (SSSR count). The molecule has 0 aliphatic carbocycles. The highest BCUT2D eigenvalue weighted by Crippen LogP contribution is 2.19. The zero-order chi connectivity index (χ0) is 20.9. The first kappa shape index (κ1) is 30.1. The molecule has 0 saturated heterocycles. The Labute approximate surface area is 182 Å².